The van der Waals surface area contributed by atoms with Crippen LogP contribution in [0.1, 0.15) is 25.3 Å². The van der Waals surface area contributed by atoms with Gasteiger partial charge >= 0.3 is 0 Å². The molecule has 0 saturated carbocycles. The van der Waals surface area contributed by atoms with Crippen LogP contribution in [0.2, 0.25) is 0 Å². The number of nitrogens with zero attached hydrogens (tertiary/aromatic N) is 2. The van der Waals surface area contributed by atoms with Gasteiger partial charge in [0.05, 0.1) is 0 Å². The van der Waals surface area contributed by atoms with Gasteiger partial charge in [0, 0.05) is 44.9 Å². The Bertz CT molecular complexity index is 439. The standard InChI is InChI=1S/C14H19N3O2/c1-11(18)17-7-4-13(5-8-17)14(19)16-10-12-3-2-6-15-9-12/h2-3,6,9,13H,4-5,7-8,10H2,1H3,(H,16,19). The van der Waals surface area contributed by atoms with Crippen LogP contribution in [0.3, 0.4) is 0 Å². The molecule has 0 unspecified atom stereocenters. The van der Waals surface area contributed by atoms with Crippen LogP contribution < -0.4 is 5.32 Å². The highest BCUT2D eigenvalue weighted by Crippen LogP contribution is 2.17. The first-order valence-electron chi connectivity index (χ1n) is 6.59. The number of aromatic nitrogens is 1. The lowest BCUT2D eigenvalue weighted by atomic mass is 9.96. The molecule has 0 aliphatic carbocycles. The number of hydrogen-bond donors (Lipinski definition) is 1. The predicted octanol–water partition coefficient (Wildman–Crippen LogP) is 0.956. The molecule has 5 nitrogen and oxygen atoms in total. The summed E-state index contributed by atoms with van der Waals surface area (Å²) in [4.78, 5) is 29.0. The fourth-order valence-corrected chi connectivity index (χ4v) is 2.29. The number of amides is 2. The molecule has 1 aliphatic heterocycles. The van der Waals surface area contributed by atoms with Gasteiger partial charge in [-0.2, -0.15) is 0 Å². The summed E-state index contributed by atoms with van der Waals surface area (Å²) in [6.07, 6.45) is 4.96. The van der Waals surface area contributed by atoms with Gasteiger partial charge in [-0.3, -0.25) is 14.6 Å². The van der Waals surface area contributed by atoms with Crippen molar-refractivity contribution in [3.8, 4) is 0 Å². The molecule has 5 heteroatoms. The van der Waals surface area contributed by atoms with Gasteiger partial charge in [-0.05, 0) is 24.5 Å². The molecular formula is C14H19N3O2. The number of pyridine rings is 1. The molecule has 1 aliphatic rings. The third-order valence-corrected chi connectivity index (χ3v) is 3.50. The van der Waals surface area contributed by atoms with Gasteiger partial charge in [0.1, 0.15) is 0 Å². The number of rotatable bonds is 3. The summed E-state index contributed by atoms with van der Waals surface area (Å²) >= 11 is 0. The van der Waals surface area contributed by atoms with Crippen molar-refractivity contribution in [1.82, 2.24) is 15.2 Å². The van der Waals surface area contributed by atoms with Gasteiger partial charge in [0.15, 0.2) is 0 Å². The first kappa shape index (κ1) is 13.5. The van der Waals surface area contributed by atoms with Crippen molar-refractivity contribution < 1.29 is 9.59 Å². The van der Waals surface area contributed by atoms with Crippen molar-refractivity contribution in [2.75, 3.05) is 13.1 Å². The highest BCUT2D eigenvalue weighted by atomic mass is 16.2. The summed E-state index contributed by atoms with van der Waals surface area (Å²) in [5, 5.41) is 2.93. The average molecular weight is 261 g/mol. The molecule has 0 spiro atoms. The van der Waals surface area contributed by atoms with Crippen LogP contribution in [0, 0.1) is 5.92 Å². The van der Waals surface area contributed by atoms with Crippen molar-refractivity contribution >= 4 is 11.8 Å². The Morgan fingerprint density at radius 3 is 2.74 bits per heavy atom. The van der Waals surface area contributed by atoms with E-state index < -0.39 is 0 Å². The number of piperidine rings is 1. The molecule has 1 N–H and O–H groups in total. The smallest absolute Gasteiger partial charge is 0.223 e. The minimum absolute atomic E-state index is 0.0206. The van der Waals surface area contributed by atoms with E-state index in [1.165, 1.54) is 0 Å². The van der Waals surface area contributed by atoms with E-state index in [-0.39, 0.29) is 17.7 Å². The third kappa shape index (κ3) is 3.77. The Balaban J connectivity index is 1.77. The van der Waals surface area contributed by atoms with Gasteiger partial charge in [0.2, 0.25) is 11.8 Å². The van der Waals surface area contributed by atoms with E-state index in [0.29, 0.717) is 19.6 Å². The molecule has 2 heterocycles. The normalized spacial score (nSPS) is 16.2. The molecular weight excluding hydrogens is 242 g/mol. The molecule has 1 saturated heterocycles. The zero-order valence-corrected chi connectivity index (χ0v) is 11.1. The maximum absolute atomic E-state index is 12.0. The first-order valence-corrected chi connectivity index (χ1v) is 6.59. The Labute approximate surface area is 113 Å². The monoisotopic (exact) mass is 261 g/mol. The van der Waals surface area contributed by atoms with E-state index in [1.807, 2.05) is 12.1 Å². The maximum atomic E-state index is 12.0. The van der Waals surface area contributed by atoms with Gasteiger partial charge in [0.25, 0.3) is 0 Å². The van der Waals surface area contributed by atoms with Crippen LogP contribution in [0.25, 0.3) is 0 Å². The third-order valence-electron chi connectivity index (χ3n) is 3.50. The summed E-state index contributed by atoms with van der Waals surface area (Å²) < 4.78 is 0. The van der Waals surface area contributed by atoms with Gasteiger partial charge in [-0.1, -0.05) is 6.07 Å². The molecule has 0 radical (unpaired) electrons. The molecule has 2 amide bonds. The molecule has 0 bridgehead atoms. The largest absolute Gasteiger partial charge is 0.352 e. The van der Waals surface area contributed by atoms with E-state index in [2.05, 4.69) is 10.3 Å². The van der Waals surface area contributed by atoms with Gasteiger partial charge in [-0.15, -0.1) is 0 Å². The van der Waals surface area contributed by atoms with E-state index in [0.717, 1.165) is 18.4 Å². The second-order valence-electron chi connectivity index (χ2n) is 4.86. The van der Waals surface area contributed by atoms with E-state index in [4.69, 9.17) is 0 Å². The Hall–Kier alpha value is -1.91. The quantitative estimate of drug-likeness (QED) is 0.881. The fraction of sp³-hybridized carbons (Fsp3) is 0.500. The molecule has 1 aromatic rings. The lowest BCUT2D eigenvalue weighted by Crippen LogP contribution is -2.42. The van der Waals surface area contributed by atoms with E-state index in [9.17, 15) is 9.59 Å². The summed E-state index contributed by atoms with van der Waals surface area (Å²) in [6.45, 7) is 3.45. The van der Waals surface area contributed by atoms with Gasteiger partial charge in [-0.25, -0.2) is 0 Å². The Kier molecular flexibility index (Phi) is 4.49. The fourth-order valence-electron chi connectivity index (χ4n) is 2.29. The predicted molar refractivity (Wildman–Crippen MR) is 71.1 cm³/mol. The van der Waals surface area contributed by atoms with Crippen molar-refractivity contribution in [2.45, 2.75) is 26.3 Å². The van der Waals surface area contributed by atoms with Crippen molar-refractivity contribution in [3.05, 3.63) is 30.1 Å². The Morgan fingerprint density at radius 2 is 2.16 bits per heavy atom. The van der Waals surface area contributed by atoms with Crippen molar-refractivity contribution in [1.29, 1.82) is 0 Å². The van der Waals surface area contributed by atoms with Crippen molar-refractivity contribution in [2.24, 2.45) is 5.92 Å². The van der Waals surface area contributed by atoms with Crippen LogP contribution in [-0.2, 0) is 16.1 Å². The number of hydrogen-bond acceptors (Lipinski definition) is 3. The van der Waals surface area contributed by atoms with Crippen LogP contribution in [-0.4, -0.2) is 34.8 Å². The molecule has 1 fully saturated rings. The molecule has 19 heavy (non-hydrogen) atoms. The number of nitrogens with one attached hydrogen (secondary N) is 1. The van der Waals surface area contributed by atoms with E-state index in [1.54, 1.807) is 24.2 Å². The summed E-state index contributed by atoms with van der Waals surface area (Å²) in [7, 11) is 0. The molecule has 1 aromatic heterocycles. The number of carbonyl (C=O) groups is 2. The molecule has 102 valence electrons. The average Bonchev–Trinajstić information content (AvgIpc) is 2.46. The van der Waals surface area contributed by atoms with E-state index >= 15 is 0 Å². The number of likely N-dealkylation sites (tertiary alicyclic amines) is 1. The summed E-state index contributed by atoms with van der Waals surface area (Å²) in [5.74, 6) is 0.188. The second kappa shape index (κ2) is 6.31. The lowest BCUT2D eigenvalue weighted by molar-refractivity contribution is -0.134. The lowest BCUT2D eigenvalue weighted by Gasteiger charge is -2.30. The van der Waals surface area contributed by atoms with Crippen molar-refractivity contribution in [3.63, 3.8) is 0 Å². The zero-order chi connectivity index (χ0) is 13.7. The highest BCUT2D eigenvalue weighted by Gasteiger charge is 2.25. The Morgan fingerprint density at radius 1 is 1.42 bits per heavy atom. The molecule has 0 aromatic carbocycles. The zero-order valence-electron chi connectivity index (χ0n) is 11.1. The first-order chi connectivity index (χ1) is 9.16. The molecule has 2 rings (SSSR count). The SMILES string of the molecule is CC(=O)N1CCC(C(=O)NCc2cccnc2)CC1. The van der Waals surface area contributed by atoms with Gasteiger partial charge < -0.3 is 10.2 Å². The molecule has 0 atom stereocenters. The highest BCUT2D eigenvalue weighted by molar-refractivity contribution is 5.79. The topological polar surface area (TPSA) is 62.3 Å². The van der Waals surface area contributed by atoms with Crippen LogP contribution >= 0.6 is 0 Å². The minimum Gasteiger partial charge on any atom is -0.352 e. The van der Waals surface area contributed by atoms with Crippen LogP contribution in [0.5, 0.6) is 0 Å². The minimum atomic E-state index is 0.0206. The maximum Gasteiger partial charge on any atom is 0.223 e. The van der Waals surface area contributed by atoms with Crippen LogP contribution in [0.4, 0.5) is 0 Å². The summed E-state index contributed by atoms with van der Waals surface area (Å²) in [6, 6.07) is 3.79. The van der Waals surface area contributed by atoms with Crippen LogP contribution in [0.15, 0.2) is 24.5 Å². The number of carbonyl (C=O) groups excluding carboxylic acids is 2. The summed E-state index contributed by atoms with van der Waals surface area (Å²) in [5.41, 5.74) is 0.997. The second-order valence-corrected chi connectivity index (χ2v) is 4.86.